The first-order valence-corrected chi connectivity index (χ1v) is 6.38. The molecule has 19 heavy (non-hydrogen) atoms. The van der Waals surface area contributed by atoms with Crippen LogP contribution in [-0.2, 0) is 11.8 Å². The molecule has 2 aromatic rings. The van der Waals surface area contributed by atoms with Gasteiger partial charge >= 0.3 is 5.97 Å². The first kappa shape index (κ1) is 13.6. The Labute approximate surface area is 117 Å². The van der Waals surface area contributed by atoms with Gasteiger partial charge in [-0.1, -0.05) is 11.6 Å². The Morgan fingerprint density at radius 2 is 2.00 bits per heavy atom. The summed E-state index contributed by atoms with van der Waals surface area (Å²) < 4.78 is 6.78. The molecule has 1 aromatic heterocycles. The fraction of sp³-hybridized carbons (Fsp3) is 0.286. The van der Waals surface area contributed by atoms with Gasteiger partial charge in [0.1, 0.15) is 11.5 Å². The van der Waals surface area contributed by atoms with Crippen molar-refractivity contribution in [2.24, 2.45) is 7.05 Å². The van der Waals surface area contributed by atoms with Crippen molar-refractivity contribution in [3.63, 3.8) is 0 Å². The summed E-state index contributed by atoms with van der Waals surface area (Å²) in [6.07, 6.45) is 0. The molecule has 5 heteroatoms. The quantitative estimate of drug-likeness (QED) is 0.810. The molecule has 0 aliphatic heterocycles. The number of hydrogen-bond donors (Lipinski definition) is 0. The van der Waals surface area contributed by atoms with E-state index >= 15 is 0 Å². The summed E-state index contributed by atoms with van der Waals surface area (Å²) in [5, 5.41) is 0.667. The second kappa shape index (κ2) is 5.45. The molecular formula is C14H15ClN2O2. The number of nitrogens with zero attached hydrogens (tertiary/aromatic N) is 2. The van der Waals surface area contributed by atoms with E-state index in [4.69, 9.17) is 16.3 Å². The van der Waals surface area contributed by atoms with E-state index in [1.165, 1.54) is 0 Å². The number of benzene rings is 1. The van der Waals surface area contributed by atoms with Crippen LogP contribution in [0.5, 0.6) is 0 Å². The molecule has 2 rings (SSSR count). The zero-order chi connectivity index (χ0) is 14.0. The molecular weight excluding hydrogens is 264 g/mol. The van der Waals surface area contributed by atoms with Crippen LogP contribution in [0.15, 0.2) is 24.3 Å². The van der Waals surface area contributed by atoms with Crippen LogP contribution in [0.25, 0.3) is 11.4 Å². The second-order valence-electron chi connectivity index (χ2n) is 4.16. The van der Waals surface area contributed by atoms with E-state index < -0.39 is 0 Å². The number of imidazole rings is 1. The number of esters is 1. The molecule has 0 amide bonds. The molecule has 0 saturated heterocycles. The van der Waals surface area contributed by atoms with E-state index in [-0.39, 0.29) is 5.97 Å². The molecule has 0 bridgehead atoms. The summed E-state index contributed by atoms with van der Waals surface area (Å²) in [6, 6.07) is 7.34. The van der Waals surface area contributed by atoms with Gasteiger partial charge < -0.3 is 9.30 Å². The summed E-state index contributed by atoms with van der Waals surface area (Å²) in [6.45, 7) is 3.93. The van der Waals surface area contributed by atoms with Crippen LogP contribution in [0.4, 0.5) is 0 Å². The molecule has 0 fully saturated rings. The maximum Gasteiger partial charge on any atom is 0.356 e. The van der Waals surface area contributed by atoms with Crippen molar-refractivity contribution in [2.75, 3.05) is 6.61 Å². The smallest absolute Gasteiger partial charge is 0.356 e. The van der Waals surface area contributed by atoms with Crippen molar-refractivity contribution in [2.45, 2.75) is 13.8 Å². The number of hydrogen-bond acceptors (Lipinski definition) is 3. The van der Waals surface area contributed by atoms with Crippen molar-refractivity contribution >= 4 is 17.6 Å². The Bertz CT molecular complexity index is 603. The highest BCUT2D eigenvalue weighted by atomic mass is 35.5. The minimum atomic E-state index is -0.352. The van der Waals surface area contributed by atoms with Crippen LogP contribution in [0, 0.1) is 6.92 Å². The molecule has 4 nitrogen and oxygen atoms in total. The van der Waals surface area contributed by atoms with Gasteiger partial charge in [-0.05, 0) is 38.1 Å². The van der Waals surface area contributed by atoms with E-state index in [1.54, 1.807) is 37.6 Å². The fourth-order valence-corrected chi connectivity index (χ4v) is 2.10. The molecule has 100 valence electrons. The third-order valence-corrected chi connectivity index (χ3v) is 3.09. The van der Waals surface area contributed by atoms with Crippen molar-refractivity contribution in [1.29, 1.82) is 0 Å². The monoisotopic (exact) mass is 278 g/mol. The van der Waals surface area contributed by atoms with Gasteiger partial charge in [0.2, 0.25) is 0 Å². The van der Waals surface area contributed by atoms with Crippen LogP contribution in [0.3, 0.4) is 0 Å². The number of rotatable bonds is 3. The molecule has 0 unspecified atom stereocenters. The predicted octanol–water partition coefficient (Wildman–Crippen LogP) is 3.23. The summed E-state index contributed by atoms with van der Waals surface area (Å²) >= 11 is 5.87. The third-order valence-electron chi connectivity index (χ3n) is 2.84. The first-order chi connectivity index (χ1) is 9.04. The highest BCUT2D eigenvalue weighted by molar-refractivity contribution is 6.30. The van der Waals surface area contributed by atoms with E-state index in [2.05, 4.69) is 4.98 Å². The van der Waals surface area contributed by atoms with Crippen LogP contribution in [-0.4, -0.2) is 22.1 Å². The van der Waals surface area contributed by atoms with Crippen molar-refractivity contribution in [3.05, 3.63) is 40.7 Å². The van der Waals surface area contributed by atoms with Gasteiger partial charge in [-0.2, -0.15) is 0 Å². The lowest BCUT2D eigenvalue weighted by atomic mass is 10.2. The standard InChI is InChI=1S/C14H15ClN2O2/c1-4-19-14(18)12-9(2)16-13(17(12)3)10-5-7-11(15)8-6-10/h5-8H,4H2,1-3H3. The third kappa shape index (κ3) is 2.63. The van der Waals surface area contributed by atoms with Gasteiger partial charge in [-0.3, -0.25) is 0 Å². The second-order valence-corrected chi connectivity index (χ2v) is 4.59. The summed E-state index contributed by atoms with van der Waals surface area (Å²) in [7, 11) is 1.80. The maximum absolute atomic E-state index is 11.9. The Morgan fingerprint density at radius 1 is 1.37 bits per heavy atom. The number of aromatic nitrogens is 2. The molecule has 0 radical (unpaired) electrons. The van der Waals surface area contributed by atoms with Gasteiger partial charge in [0.25, 0.3) is 0 Å². The molecule has 0 saturated carbocycles. The van der Waals surface area contributed by atoms with Gasteiger partial charge in [-0.15, -0.1) is 0 Å². The minimum absolute atomic E-state index is 0.347. The highest BCUT2D eigenvalue weighted by Crippen LogP contribution is 2.23. The number of ether oxygens (including phenoxy) is 1. The maximum atomic E-state index is 11.9. The molecule has 0 aliphatic carbocycles. The summed E-state index contributed by atoms with van der Waals surface area (Å²) in [5.41, 5.74) is 2.04. The summed E-state index contributed by atoms with van der Waals surface area (Å²) in [5.74, 6) is 0.368. The van der Waals surface area contributed by atoms with Crippen LogP contribution < -0.4 is 0 Å². The molecule has 1 aromatic carbocycles. The molecule has 0 N–H and O–H groups in total. The van der Waals surface area contributed by atoms with Gasteiger partial charge in [0.15, 0.2) is 0 Å². The van der Waals surface area contributed by atoms with Crippen LogP contribution in [0.2, 0.25) is 5.02 Å². The topological polar surface area (TPSA) is 44.1 Å². The molecule has 0 aliphatic rings. The largest absolute Gasteiger partial charge is 0.461 e. The van der Waals surface area contributed by atoms with E-state index in [0.29, 0.717) is 23.0 Å². The lowest BCUT2D eigenvalue weighted by Crippen LogP contribution is -2.11. The van der Waals surface area contributed by atoms with Gasteiger partial charge in [-0.25, -0.2) is 9.78 Å². The van der Waals surface area contributed by atoms with E-state index in [9.17, 15) is 4.79 Å². The zero-order valence-electron chi connectivity index (χ0n) is 11.1. The predicted molar refractivity (Wildman–Crippen MR) is 74.3 cm³/mol. The average molecular weight is 279 g/mol. The Balaban J connectivity index is 2.46. The van der Waals surface area contributed by atoms with Crippen molar-refractivity contribution in [1.82, 2.24) is 9.55 Å². The van der Waals surface area contributed by atoms with Crippen molar-refractivity contribution < 1.29 is 9.53 Å². The number of carbonyl (C=O) groups is 1. The van der Waals surface area contributed by atoms with Gasteiger partial charge in [0.05, 0.1) is 12.3 Å². The number of halogens is 1. The average Bonchev–Trinajstić information content (AvgIpc) is 2.66. The van der Waals surface area contributed by atoms with E-state index in [0.717, 1.165) is 11.4 Å². The Morgan fingerprint density at radius 3 is 2.58 bits per heavy atom. The number of aryl methyl sites for hydroxylation is 1. The molecule has 1 heterocycles. The van der Waals surface area contributed by atoms with Crippen LogP contribution in [0.1, 0.15) is 23.1 Å². The lowest BCUT2D eigenvalue weighted by molar-refractivity contribution is 0.0514. The Hall–Kier alpha value is -1.81. The fourth-order valence-electron chi connectivity index (χ4n) is 1.98. The summed E-state index contributed by atoms with van der Waals surface area (Å²) in [4.78, 5) is 16.3. The normalized spacial score (nSPS) is 10.5. The molecule has 0 spiro atoms. The van der Waals surface area contributed by atoms with Gasteiger partial charge in [0, 0.05) is 17.6 Å². The Kier molecular flexibility index (Phi) is 3.90. The van der Waals surface area contributed by atoms with E-state index in [1.807, 2.05) is 12.1 Å². The number of carbonyl (C=O) groups excluding carboxylic acids is 1. The lowest BCUT2D eigenvalue weighted by Gasteiger charge is -2.06. The SMILES string of the molecule is CCOC(=O)c1c(C)nc(-c2ccc(Cl)cc2)n1C. The van der Waals surface area contributed by atoms with Crippen molar-refractivity contribution in [3.8, 4) is 11.4 Å². The molecule has 0 atom stereocenters. The first-order valence-electron chi connectivity index (χ1n) is 6.01. The zero-order valence-corrected chi connectivity index (χ0v) is 11.9. The van der Waals surface area contributed by atoms with Crippen LogP contribution >= 0.6 is 11.6 Å². The minimum Gasteiger partial charge on any atom is -0.461 e. The highest BCUT2D eigenvalue weighted by Gasteiger charge is 2.20.